The summed E-state index contributed by atoms with van der Waals surface area (Å²) >= 11 is 15.4. The van der Waals surface area contributed by atoms with Crippen molar-refractivity contribution >= 4 is 50.9 Å². The van der Waals surface area contributed by atoms with E-state index < -0.39 is 28.3 Å². The molecule has 0 radical (unpaired) electrons. The van der Waals surface area contributed by atoms with Crippen molar-refractivity contribution in [2.75, 3.05) is 5.33 Å². The van der Waals surface area contributed by atoms with Gasteiger partial charge in [-0.2, -0.15) is 10.4 Å². The Morgan fingerprint density at radius 2 is 2.06 bits per heavy atom. The van der Waals surface area contributed by atoms with Crippen molar-refractivity contribution < 1.29 is 23.8 Å². The van der Waals surface area contributed by atoms with Crippen molar-refractivity contribution in [3.05, 3.63) is 50.5 Å². The highest BCUT2D eigenvalue weighted by atomic mass is 79.9. The summed E-state index contributed by atoms with van der Waals surface area (Å²) in [6.45, 7) is 1.51. The Labute approximate surface area is 217 Å². The maximum absolute atomic E-state index is 15.5. The molecule has 0 unspecified atom stereocenters. The number of hydrogen-bond donors (Lipinski definition) is 1. The number of carbonyl (C=O) groups excluding carboxylic acids is 1. The first-order valence-corrected chi connectivity index (χ1v) is 12.1. The van der Waals surface area contributed by atoms with Gasteiger partial charge < -0.3 is 9.84 Å². The molecule has 1 aliphatic carbocycles. The molecule has 0 aliphatic heterocycles. The number of ether oxygens (including phenoxy) is 1. The van der Waals surface area contributed by atoms with Crippen LogP contribution in [-0.4, -0.2) is 43.1 Å². The molecule has 2 aromatic heterocycles. The summed E-state index contributed by atoms with van der Waals surface area (Å²) in [5, 5.41) is 22.9. The number of carbonyl (C=O) groups is 2. The summed E-state index contributed by atoms with van der Waals surface area (Å²) in [5.74, 6) is -2.66. The molecule has 180 valence electrons. The first kappa shape index (κ1) is 25.1. The Kier molecular flexibility index (Phi) is 6.86. The van der Waals surface area contributed by atoms with Crippen molar-refractivity contribution in [2.24, 2.45) is 7.05 Å². The number of alkyl halides is 1. The van der Waals surface area contributed by atoms with Crippen LogP contribution in [0, 0.1) is 24.1 Å². The quantitative estimate of drug-likeness (QED) is 0.219. The number of halogens is 4. The van der Waals surface area contributed by atoms with Crippen molar-refractivity contribution in [3.8, 4) is 34.3 Å². The number of nitriles is 1. The first-order chi connectivity index (χ1) is 16.6. The Hall–Kier alpha value is -3.00. The number of benzene rings is 1. The normalized spacial score (nSPS) is 12.9. The predicted molar refractivity (Wildman–Crippen MR) is 130 cm³/mol. The molecule has 0 bridgehead atoms. The van der Waals surface area contributed by atoms with E-state index in [2.05, 4.69) is 26.0 Å². The van der Waals surface area contributed by atoms with Gasteiger partial charge in [-0.25, -0.2) is 14.2 Å². The van der Waals surface area contributed by atoms with Crippen LogP contribution in [0.25, 0.3) is 22.5 Å². The largest absolute Gasteiger partial charge is 0.489 e. The molecule has 35 heavy (non-hydrogen) atoms. The van der Waals surface area contributed by atoms with Crippen LogP contribution in [0.3, 0.4) is 0 Å². The van der Waals surface area contributed by atoms with Crippen LogP contribution >= 0.6 is 39.1 Å². The minimum atomic E-state index is -1.41. The van der Waals surface area contributed by atoms with Crippen LogP contribution in [0.5, 0.6) is 5.75 Å². The average molecular weight is 582 g/mol. The number of carboxylic acid groups (broad SMARTS) is 1. The summed E-state index contributed by atoms with van der Waals surface area (Å²) in [7, 11) is 1.54. The van der Waals surface area contributed by atoms with Gasteiger partial charge in [0.25, 0.3) is 0 Å². The first-order valence-electron chi connectivity index (χ1n) is 10.2. The Morgan fingerprint density at radius 3 is 2.63 bits per heavy atom. The van der Waals surface area contributed by atoms with Crippen molar-refractivity contribution in [3.63, 3.8) is 0 Å². The smallest absolute Gasteiger partial charge is 0.339 e. The van der Waals surface area contributed by atoms with E-state index in [0.717, 1.165) is 12.8 Å². The molecule has 3 aromatic rings. The molecule has 0 spiro atoms. The number of ketones is 1. The van der Waals surface area contributed by atoms with Gasteiger partial charge in [-0.1, -0.05) is 39.1 Å². The van der Waals surface area contributed by atoms with Crippen LogP contribution in [0.4, 0.5) is 4.39 Å². The molecule has 1 aromatic carbocycles. The number of aromatic carboxylic acids is 1. The fourth-order valence-electron chi connectivity index (χ4n) is 3.82. The van der Waals surface area contributed by atoms with Crippen LogP contribution in [-0.2, 0) is 7.05 Å². The molecule has 8 nitrogen and oxygen atoms in total. The lowest BCUT2D eigenvalue weighted by Crippen LogP contribution is -2.15. The van der Waals surface area contributed by atoms with Gasteiger partial charge in [-0.3, -0.25) is 9.48 Å². The third kappa shape index (κ3) is 4.40. The highest BCUT2D eigenvalue weighted by Crippen LogP contribution is 2.43. The molecule has 0 amide bonds. The molecular formula is C23H16BrCl2FN4O4. The molecular weight excluding hydrogens is 566 g/mol. The van der Waals surface area contributed by atoms with E-state index >= 15 is 4.39 Å². The van der Waals surface area contributed by atoms with Crippen molar-refractivity contribution in [1.82, 2.24) is 14.8 Å². The van der Waals surface area contributed by atoms with E-state index in [1.807, 2.05) is 6.07 Å². The third-order valence-electron chi connectivity index (χ3n) is 5.55. The van der Waals surface area contributed by atoms with Gasteiger partial charge >= 0.3 is 5.97 Å². The van der Waals surface area contributed by atoms with Gasteiger partial charge in [0.1, 0.15) is 28.1 Å². The second-order valence-electron chi connectivity index (χ2n) is 7.87. The van der Waals surface area contributed by atoms with E-state index in [9.17, 15) is 20.0 Å². The summed E-state index contributed by atoms with van der Waals surface area (Å²) in [6.07, 6.45) is 2.92. The number of rotatable bonds is 7. The maximum Gasteiger partial charge on any atom is 0.339 e. The lowest BCUT2D eigenvalue weighted by molar-refractivity contribution is 0.0692. The molecule has 1 saturated carbocycles. The number of pyridine rings is 1. The summed E-state index contributed by atoms with van der Waals surface area (Å²) in [4.78, 5) is 28.7. The fourth-order valence-corrected chi connectivity index (χ4v) is 4.56. The zero-order valence-electron chi connectivity index (χ0n) is 18.3. The highest BCUT2D eigenvalue weighted by molar-refractivity contribution is 9.09. The molecule has 1 aliphatic rings. The van der Waals surface area contributed by atoms with E-state index in [-0.39, 0.29) is 61.4 Å². The lowest BCUT2D eigenvalue weighted by atomic mass is 9.93. The van der Waals surface area contributed by atoms with E-state index in [1.165, 1.54) is 30.9 Å². The molecule has 1 N–H and O–H groups in total. The van der Waals surface area contributed by atoms with Crippen LogP contribution < -0.4 is 4.74 Å². The Morgan fingerprint density at radius 1 is 1.37 bits per heavy atom. The standard InChI is InChI=1S/C23H16BrCl2FN4O4/c1-9-16(14(32)6-24)18(23(33)34)22(26)30-20(9)12-8-29-31(2)21(12)17-11(7-28)15(35-10-3-4-10)5-13(25)19(17)27/h5,8,10H,3-4,6H2,1-2H3,(H,33,34). The molecule has 4 rings (SSSR count). The van der Waals surface area contributed by atoms with Crippen LogP contribution in [0.2, 0.25) is 10.2 Å². The molecule has 12 heteroatoms. The number of aromatic nitrogens is 3. The SMILES string of the molecule is Cc1c(-c2cnn(C)c2-c2c(F)c(Cl)cc(OC3CC3)c2C#N)nc(Cl)c(C(=O)O)c1C(=O)CBr. The minimum Gasteiger partial charge on any atom is -0.489 e. The fraction of sp³-hybridized carbons (Fsp3) is 0.261. The highest BCUT2D eigenvalue weighted by Gasteiger charge is 2.32. The predicted octanol–water partition coefficient (Wildman–Crippen LogP) is 5.59. The van der Waals surface area contributed by atoms with E-state index in [4.69, 9.17) is 27.9 Å². The molecule has 0 saturated heterocycles. The number of carboxylic acids is 1. The summed E-state index contributed by atoms with van der Waals surface area (Å²) < 4.78 is 22.6. The number of Topliss-reactive ketones (excluding diaryl/α,β-unsaturated/α-hetero) is 1. The van der Waals surface area contributed by atoms with Crippen LogP contribution in [0.15, 0.2) is 12.3 Å². The zero-order chi connectivity index (χ0) is 25.6. The molecule has 2 heterocycles. The van der Waals surface area contributed by atoms with Crippen molar-refractivity contribution in [1.29, 1.82) is 5.26 Å². The van der Waals surface area contributed by atoms with Gasteiger partial charge in [0.2, 0.25) is 0 Å². The summed E-state index contributed by atoms with van der Waals surface area (Å²) in [6, 6.07) is 3.27. The third-order valence-corrected chi connectivity index (χ3v) is 6.61. The molecule has 0 atom stereocenters. The van der Waals surface area contributed by atoms with Gasteiger partial charge in [0.15, 0.2) is 11.6 Å². The second kappa shape index (κ2) is 9.57. The number of aryl methyl sites for hydroxylation is 1. The topological polar surface area (TPSA) is 118 Å². The lowest BCUT2D eigenvalue weighted by Gasteiger charge is -2.17. The maximum atomic E-state index is 15.5. The number of hydrogen-bond acceptors (Lipinski definition) is 6. The minimum absolute atomic E-state index is 0.0772. The van der Waals surface area contributed by atoms with E-state index in [0.29, 0.717) is 0 Å². The van der Waals surface area contributed by atoms with Gasteiger partial charge in [0.05, 0.1) is 39.6 Å². The monoisotopic (exact) mass is 580 g/mol. The Balaban J connectivity index is 2.05. The van der Waals surface area contributed by atoms with Crippen molar-refractivity contribution in [2.45, 2.75) is 25.9 Å². The van der Waals surface area contributed by atoms with Crippen LogP contribution in [0.1, 0.15) is 44.7 Å². The Bertz CT molecular complexity index is 1450. The average Bonchev–Trinajstić information content (AvgIpc) is 3.55. The summed E-state index contributed by atoms with van der Waals surface area (Å²) in [5.41, 5.74) is -0.124. The zero-order valence-corrected chi connectivity index (χ0v) is 21.4. The van der Waals surface area contributed by atoms with Gasteiger partial charge in [-0.05, 0) is 25.3 Å². The van der Waals surface area contributed by atoms with Gasteiger partial charge in [-0.15, -0.1) is 0 Å². The van der Waals surface area contributed by atoms with E-state index in [1.54, 1.807) is 0 Å². The number of nitrogens with zero attached hydrogens (tertiary/aromatic N) is 4. The second-order valence-corrected chi connectivity index (χ2v) is 9.19. The molecule has 1 fully saturated rings. The van der Waals surface area contributed by atoms with Gasteiger partial charge in [0, 0.05) is 24.2 Å².